The second-order valence-corrected chi connectivity index (χ2v) is 6.61. The van der Waals surface area contributed by atoms with Crippen LogP contribution in [0.15, 0.2) is 28.9 Å². The Balaban J connectivity index is 2.41. The molecule has 0 saturated heterocycles. The Bertz CT molecular complexity index is 630. The van der Waals surface area contributed by atoms with Crippen LogP contribution in [-0.4, -0.2) is 11.5 Å². The summed E-state index contributed by atoms with van der Waals surface area (Å²) < 4.78 is 38.9. The van der Waals surface area contributed by atoms with Gasteiger partial charge in [0.05, 0.1) is 6.04 Å². The van der Waals surface area contributed by atoms with Gasteiger partial charge in [-0.15, -0.1) is 11.3 Å². The summed E-state index contributed by atoms with van der Waals surface area (Å²) in [7, 11) is 0. The van der Waals surface area contributed by atoms with Crippen LogP contribution in [0.1, 0.15) is 28.4 Å². The van der Waals surface area contributed by atoms with Crippen molar-refractivity contribution in [1.29, 1.82) is 0 Å². The third-order valence-corrected chi connectivity index (χ3v) is 4.66. The minimum Gasteiger partial charge on any atom is -0.306 e. The quantitative estimate of drug-likeness (QED) is 0.757. The van der Waals surface area contributed by atoms with Crippen molar-refractivity contribution in [3.63, 3.8) is 0 Å². The molecule has 114 valence electrons. The van der Waals surface area contributed by atoms with Gasteiger partial charge in [-0.25, -0.2) is 4.98 Å². The molecule has 2 rings (SSSR count). The number of thiazole rings is 1. The molecule has 2 aromatic rings. The third kappa shape index (κ3) is 3.97. The lowest BCUT2D eigenvalue weighted by atomic mass is 10.1. The SMILES string of the molecule is CCNC(c1cnc(C(F)(F)F)s1)c1ccc(Br)cc1Cl. The second kappa shape index (κ2) is 6.64. The number of aromatic nitrogens is 1. The molecule has 1 N–H and O–H groups in total. The van der Waals surface area contributed by atoms with Gasteiger partial charge in [0.15, 0.2) is 5.01 Å². The lowest BCUT2D eigenvalue weighted by Crippen LogP contribution is -2.21. The highest BCUT2D eigenvalue weighted by atomic mass is 79.9. The van der Waals surface area contributed by atoms with Crippen LogP contribution in [0.2, 0.25) is 5.02 Å². The summed E-state index contributed by atoms with van der Waals surface area (Å²) in [5.74, 6) is 0. The molecule has 0 fully saturated rings. The van der Waals surface area contributed by atoms with Crippen molar-refractivity contribution in [3.8, 4) is 0 Å². The Morgan fingerprint density at radius 1 is 1.43 bits per heavy atom. The molecule has 0 amide bonds. The topological polar surface area (TPSA) is 24.9 Å². The maximum Gasteiger partial charge on any atom is 0.443 e. The van der Waals surface area contributed by atoms with E-state index in [1.54, 1.807) is 18.2 Å². The molecule has 0 saturated carbocycles. The van der Waals surface area contributed by atoms with Crippen LogP contribution in [0.25, 0.3) is 0 Å². The molecule has 0 bridgehead atoms. The number of hydrogen-bond donors (Lipinski definition) is 1. The van der Waals surface area contributed by atoms with Crippen LogP contribution in [0.5, 0.6) is 0 Å². The Kier molecular flexibility index (Phi) is 5.29. The van der Waals surface area contributed by atoms with Crippen LogP contribution in [0, 0.1) is 0 Å². The number of halogens is 5. The molecule has 1 aromatic carbocycles. The fraction of sp³-hybridized carbons (Fsp3) is 0.308. The van der Waals surface area contributed by atoms with Gasteiger partial charge >= 0.3 is 6.18 Å². The van der Waals surface area contributed by atoms with E-state index in [2.05, 4.69) is 26.2 Å². The summed E-state index contributed by atoms with van der Waals surface area (Å²) in [6.45, 7) is 2.47. The first-order chi connectivity index (χ1) is 9.82. The molecule has 0 spiro atoms. The zero-order valence-corrected chi connectivity index (χ0v) is 14.0. The van der Waals surface area contributed by atoms with Gasteiger partial charge in [-0.2, -0.15) is 13.2 Å². The van der Waals surface area contributed by atoms with Gasteiger partial charge in [-0.05, 0) is 24.2 Å². The molecule has 1 heterocycles. The normalized spacial score (nSPS) is 13.4. The summed E-state index contributed by atoms with van der Waals surface area (Å²) in [4.78, 5) is 3.94. The number of alkyl halides is 3. The summed E-state index contributed by atoms with van der Waals surface area (Å²) in [5, 5.41) is 2.77. The van der Waals surface area contributed by atoms with E-state index in [1.165, 1.54) is 6.20 Å². The largest absolute Gasteiger partial charge is 0.443 e. The number of benzene rings is 1. The van der Waals surface area contributed by atoms with Crippen LogP contribution in [0.3, 0.4) is 0 Å². The standard InChI is InChI=1S/C13H11BrClF3N2S/c1-2-19-11(8-4-3-7(14)5-9(8)15)10-6-20-12(21-10)13(16,17)18/h3-6,11,19H,2H2,1H3. The highest BCUT2D eigenvalue weighted by molar-refractivity contribution is 9.10. The lowest BCUT2D eigenvalue weighted by molar-refractivity contribution is -0.137. The highest BCUT2D eigenvalue weighted by Crippen LogP contribution is 2.37. The molecule has 1 aromatic heterocycles. The van der Waals surface area contributed by atoms with Gasteiger partial charge in [0.1, 0.15) is 0 Å². The van der Waals surface area contributed by atoms with Crippen molar-refractivity contribution >= 4 is 38.9 Å². The molecule has 0 aliphatic rings. The smallest absolute Gasteiger partial charge is 0.306 e. The number of rotatable bonds is 4. The molecule has 1 unspecified atom stereocenters. The van der Waals surface area contributed by atoms with Crippen molar-refractivity contribution < 1.29 is 13.2 Å². The molecule has 2 nitrogen and oxygen atoms in total. The fourth-order valence-electron chi connectivity index (χ4n) is 1.85. The fourth-order valence-corrected chi connectivity index (χ4v) is 3.52. The summed E-state index contributed by atoms with van der Waals surface area (Å²) in [5.41, 5.74) is 0.721. The zero-order valence-electron chi connectivity index (χ0n) is 10.8. The van der Waals surface area contributed by atoms with Gasteiger partial charge in [-0.3, -0.25) is 0 Å². The van der Waals surface area contributed by atoms with Gasteiger partial charge < -0.3 is 5.32 Å². The van der Waals surface area contributed by atoms with Crippen LogP contribution < -0.4 is 5.32 Å². The zero-order chi connectivity index (χ0) is 15.6. The molecule has 8 heteroatoms. The minimum absolute atomic E-state index is 0.413. The van der Waals surface area contributed by atoms with Crippen molar-refractivity contribution in [3.05, 3.63) is 49.3 Å². The molecular weight excluding hydrogens is 389 g/mol. The molecule has 0 aliphatic heterocycles. The van der Waals surface area contributed by atoms with Crippen molar-refractivity contribution in [2.45, 2.75) is 19.1 Å². The van der Waals surface area contributed by atoms with Gasteiger partial charge in [0.2, 0.25) is 0 Å². The Hall–Kier alpha value is -0.630. The van der Waals surface area contributed by atoms with E-state index in [1.807, 2.05) is 6.92 Å². The van der Waals surface area contributed by atoms with Crippen molar-refractivity contribution in [1.82, 2.24) is 10.3 Å². The highest BCUT2D eigenvalue weighted by Gasteiger charge is 2.35. The maximum absolute atomic E-state index is 12.7. The summed E-state index contributed by atoms with van der Waals surface area (Å²) >= 11 is 10.1. The first-order valence-electron chi connectivity index (χ1n) is 6.04. The van der Waals surface area contributed by atoms with E-state index >= 15 is 0 Å². The predicted octanol–water partition coefficient (Wildman–Crippen LogP) is 5.28. The van der Waals surface area contributed by atoms with Crippen molar-refractivity contribution in [2.75, 3.05) is 6.54 Å². The minimum atomic E-state index is -4.43. The van der Waals surface area contributed by atoms with Crippen molar-refractivity contribution in [2.24, 2.45) is 0 Å². The Labute approximate surface area is 137 Å². The second-order valence-electron chi connectivity index (χ2n) is 4.22. The van der Waals surface area contributed by atoms with E-state index < -0.39 is 17.2 Å². The average Bonchev–Trinajstić information content (AvgIpc) is 2.86. The molecule has 21 heavy (non-hydrogen) atoms. The van der Waals surface area contributed by atoms with Gasteiger partial charge in [-0.1, -0.05) is 40.5 Å². The van der Waals surface area contributed by atoms with E-state index in [0.717, 1.165) is 10.0 Å². The number of hydrogen-bond acceptors (Lipinski definition) is 3. The molecule has 0 aliphatic carbocycles. The molecule has 0 radical (unpaired) electrons. The van der Waals surface area contributed by atoms with E-state index in [9.17, 15) is 13.2 Å². The van der Waals surface area contributed by atoms with Crippen LogP contribution in [-0.2, 0) is 6.18 Å². The van der Waals surface area contributed by atoms with E-state index in [-0.39, 0.29) is 0 Å². The lowest BCUT2D eigenvalue weighted by Gasteiger charge is -2.18. The predicted molar refractivity (Wildman–Crippen MR) is 81.8 cm³/mol. The van der Waals surface area contributed by atoms with Crippen LogP contribution in [0.4, 0.5) is 13.2 Å². The van der Waals surface area contributed by atoms with Crippen LogP contribution >= 0.6 is 38.9 Å². The van der Waals surface area contributed by atoms with Gasteiger partial charge in [0, 0.05) is 20.6 Å². The monoisotopic (exact) mass is 398 g/mol. The Morgan fingerprint density at radius 3 is 2.67 bits per heavy atom. The molecule has 1 atom stereocenters. The first kappa shape index (κ1) is 16.7. The molecular formula is C13H11BrClF3N2S. The maximum atomic E-state index is 12.7. The van der Waals surface area contributed by atoms with E-state index in [0.29, 0.717) is 27.8 Å². The number of nitrogens with zero attached hydrogens (tertiary/aromatic N) is 1. The summed E-state index contributed by atoms with van der Waals surface area (Å²) in [6.07, 6.45) is -3.18. The summed E-state index contributed by atoms with van der Waals surface area (Å²) in [6, 6.07) is 4.89. The number of nitrogens with one attached hydrogen (secondary N) is 1. The average molecular weight is 400 g/mol. The van der Waals surface area contributed by atoms with E-state index in [4.69, 9.17) is 11.6 Å². The first-order valence-corrected chi connectivity index (χ1v) is 8.03. The Morgan fingerprint density at radius 2 is 2.14 bits per heavy atom. The van der Waals surface area contributed by atoms with Gasteiger partial charge in [0.25, 0.3) is 0 Å². The third-order valence-electron chi connectivity index (χ3n) is 2.73.